The first-order chi connectivity index (χ1) is 16.9. The van der Waals surface area contributed by atoms with Crippen molar-refractivity contribution in [3.63, 3.8) is 0 Å². The molecular weight excluding hydrogens is 474 g/mol. The molecule has 6 nitrogen and oxygen atoms in total. The van der Waals surface area contributed by atoms with Gasteiger partial charge in [0.1, 0.15) is 11.6 Å². The van der Waals surface area contributed by atoms with Crippen molar-refractivity contribution in [3.8, 4) is 22.5 Å². The molecule has 0 saturated carbocycles. The van der Waals surface area contributed by atoms with Crippen molar-refractivity contribution < 1.29 is 22.4 Å². The SMILES string of the molecule is CC(C)(C)c1nc(-c2ccc(F)c(NC(=O)Nc3ccc(C(F)(F)F)cc3)c2)c(-c2ccncc2)[nH]1. The summed E-state index contributed by atoms with van der Waals surface area (Å²) < 4.78 is 52.8. The van der Waals surface area contributed by atoms with E-state index >= 15 is 0 Å². The van der Waals surface area contributed by atoms with E-state index in [-0.39, 0.29) is 16.8 Å². The summed E-state index contributed by atoms with van der Waals surface area (Å²) in [6.07, 6.45) is -1.18. The number of carbonyl (C=O) groups is 1. The Morgan fingerprint density at radius 2 is 1.56 bits per heavy atom. The van der Waals surface area contributed by atoms with E-state index in [9.17, 15) is 22.4 Å². The molecule has 0 radical (unpaired) electrons. The highest BCUT2D eigenvalue weighted by atomic mass is 19.4. The van der Waals surface area contributed by atoms with E-state index in [2.05, 4.69) is 20.6 Å². The van der Waals surface area contributed by atoms with Gasteiger partial charge in [-0.25, -0.2) is 14.2 Å². The highest BCUT2D eigenvalue weighted by Crippen LogP contribution is 2.35. The minimum Gasteiger partial charge on any atom is -0.341 e. The summed E-state index contributed by atoms with van der Waals surface area (Å²) in [6.45, 7) is 6.03. The van der Waals surface area contributed by atoms with Gasteiger partial charge in [0, 0.05) is 34.6 Å². The van der Waals surface area contributed by atoms with Crippen LogP contribution in [-0.2, 0) is 11.6 Å². The minimum absolute atomic E-state index is 0.113. The molecule has 2 aromatic heterocycles. The second-order valence-corrected chi connectivity index (χ2v) is 9.14. The van der Waals surface area contributed by atoms with Gasteiger partial charge in [0.2, 0.25) is 0 Å². The van der Waals surface area contributed by atoms with Crippen LogP contribution in [-0.4, -0.2) is 21.0 Å². The third-order valence-corrected chi connectivity index (χ3v) is 5.34. The number of hydrogen-bond donors (Lipinski definition) is 3. The van der Waals surface area contributed by atoms with Gasteiger partial charge in [0.25, 0.3) is 0 Å². The van der Waals surface area contributed by atoms with Gasteiger partial charge in [-0.05, 0) is 54.6 Å². The number of urea groups is 1. The smallest absolute Gasteiger partial charge is 0.341 e. The fourth-order valence-electron chi connectivity index (χ4n) is 3.46. The molecule has 0 atom stereocenters. The van der Waals surface area contributed by atoms with Crippen LogP contribution in [0.15, 0.2) is 67.0 Å². The fourth-order valence-corrected chi connectivity index (χ4v) is 3.46. The van der Waals surface area contributed by atoms with E-state index in [1.54, 1.807) is 18.5 Å². The summed E-state index contributed by atoms with van der Waals surface area (Å²) in [5, 5.41) is 4.82. The number of H-pyrrole nitrogens is 1. The number of hydrogen-bond acceptors (Lipinski definition) is 3. The van der Waals surface area contributed by atoms with Gasteiger partial charge in [-0.2, -0.15) is 13.2 Å². The third kappa shape index (κ3) is 5.54. The van der Waals surface area contributed by atoms with Crippen molar-refractivity contribution in [3.05, 3.63) is 84.2 Å². The molecule has 3 N–H and O–H groups in total. The van der Waals surface area contributed by atoms with Crippen molar-refractivity contribution in [1.82, 2.24) is 15.0 Å². The number of rotatable bonds is 4. The summed E-state index contributed by atoms with van der Waals surface area (Å²) >= 11 is 0. The highest BCUT2D eigenvalue weighted by molar-refractivity contribution is 6.00. The predicted octanol–water partition coefficient (Wildman–Crippen LogP) is 7.24. The number of amides is 2. The van der Waals surface area contributed by atoms with Crippen LogP contribution in [0, 0.1) is 5.82 Å². The molecule has 2 amide bonds. The topological polar surface area (TPSA) is 82.7 Å². The molecule has 0 aliphatic heterocycles. The molecule has 2 heterocycles. The lowest BCUT2D eigenvalue weighted by Gasteiger charge is -2.14. The van der Waals surface area contributed by atoms with Crippen LogP contribution in [0.2, 0.25) is 0 Å². The molecule has 4 aromatic rings. The zero-order valence-corrected chi connectivity index (χ0v) is 19.7. The van der Waals surface area contributed by atoms with Crippen LogP contribution in [0.5, 0.6) is 0 Å². The molecule has 0 aliphatic rings. The molecule has 0 fully saturated rings. The van der Waals surface area contributed by atoms with E-state index in [0.717, 1.165) is 35.7 Å². The molecule has 36 heavy (non-hydrogen) atoms. The lowest BCUT2D eigenvalue weighted by molar-refractivity contribution is -0.137. The Bertz CT molecular complexity index is 1370. The highest BCUT2D eigenvalue weighted by Gasteiger charge is 2.30. The van der Waals surface area contributed by atoms with Crippen molar-refractivity contribution in [1.29, 1.82) is 0 Å². The Morgan fingerprint density at radius 1 is 0.889 bits per heavy atom. The number of aromatic nitrogens is 3. The Balaban J connectivity index is 1.62. The number of halogens is 4. The molecule has 0 aliphatic carbocycles. The Kier molecular flexibility index (Phi) is 6.53. The van der Waals surface area contributed by atoms with Crippen LogP contribution < -0.4 is 10.6 Å². The molecule has 10 heteroatoms. The van der Waals surface area contributed by atoms with Gasteiger partial charge < -0.3 is 15.6 Å². The predicted molar refractivity (Wildman–Crippen MR) is 130 cm³/mol. The number of nitrogens with one attached hydrogen (secondary N) is 3. The maximum Gasteiger partial charge on any atom is 0.416 e. The molecular formula is C26H23F4N5O. The van der Waals surface area contributed by atoms with Crippen molar-refractivity contribution >= 4 is 17.4 Å². The summed E-state index contributed by atoms with van der Waals surface area (Å²) in [5.41, 5.74) is 1.55. The van der Waals surface area contributed by atoms with E-state index in [1.165, 1.54) is 12.1 Å². The van der Waals surface area contributed by atoms with Gasteiger partial charge in [0.05, 0.1) is 22.6 Å². The fraction of sp³-hybridized carbons (Fsp3) is 0.192. The number of pyridine rings is 1. The normalized spacial score (nSPS) is 11.9. The molecule has 4 rings (SSSR count). The van der Waals surface area contributed by atoms with E-state index in [1.807, 2.05) is 32.9 Å². The van der Waals surface area contributed by atoms with E-state index in [4.69, 9.17) is 4.98 Å². The van der Waals surface area contributed by atoms with Crippen LogP contribution in [0.4, 0.5) is 33.7 Å². The standard InChI is InChI=1S/C26H23F4N5O/c1-25(2,3)23-34-21(15-10-12-31-13-11-15)22(35-23)16-4-9-19(27)20(14-16)33-24(36)32-18-7-5-17(6-8-18)26(28,29)30/h4-14H,1-3H3,(H,34,35)(H2,32,33,36). The second-order valence-electron chi connectivity index (χ2n) is 9.14. The number of nitrogens with zero attached hydrogens (tertiary/aromatic N) is 2. The van der Waals surface area contributed by atoms with E-state index < -0.39 is 23.6 Å². The lowest BCUT2D eigenvalue weighted by Crippen LogP contribution is -2.20. The number of aromatic amines is 1. The summed E-state index contributed by atoms with van der Waals surface area (Å²) in [6, 6.07) is 11.0. The summed E-state index contributed by atoms with van der Waals surface area (Å²) in [7, 11) is 0. The van der Waals surface area contributed by atoms with Gasteiger partial charge >= 0.3 is 12.2 Å². The monoisotopic (exact) mass is 497 g/mol. The van der Waals surface area contributed by atoms with Crippen LogP contribution >= 0.6 is 0 Å². The first-order valence-corrected chi connectivity index (χ1v) is 11.0. The average molecular weight is 497 g/mol. The molecule has 2 aromatic carbocycles. The Labute approximate surface area is 204 Å². The molecule has 0 spiro atoms. The minimum atomic E-state index is -4.49. The number of carbonyl (C=O) groups excluding carboxylic acids is 1. The van der Waals surface area contributed by atoms with Gasteiger partial charge in [-0.3, -0.25) is 4.98 Å². The summed E-state index contributed by atoms with van der Waals surface area (Å²) in [4.78, 5) is 24.6. The molecule has 186 valence electrons. The zero-order valence-electron chi connectivity index (χ0n) is 19.7. The zero-order chi connectivity index (χ0) is 26.1. The van der Waals surface area contributed by atoms with Gasteiger partial charge in [-0.15, -0.1) is 0 Å². The maximum absolute atomic E-state index is 14.6. The quantitative estimate of drug-likeness (QED) is 0.260. The average Bonchev–Trinajstić information content (AvgIpc) is 3.27. The third-order valence-electron chi connectivity index (χ3n) is 5.34. The molecule has 0 bridgehead atoms. The van der Waals surface area contributed by atoms with Crippen LogP contribution in [0.3, 0.4) is 0 Å². The van der Waals surface area contributed by atoms with Gasteiger partial charge in [0.15, 0.2) is 0 Å². The molecule has 0 unspecified atom stereocenters. The number of anilines is 2. The van der Waals surface area contributed by atoms with Crippen LogP contribution in [0.25, 0.3) is 22.5 Å². The summed E-state index contributed by atoms with van der Waals surface area (Å²) in [5.74, 6) is 0.0431. The second kappa shape index (κ2) is 9.44. The number of imidazole rings is 1. The first-order valence-electron chi connectivity index (χ1n) is 11.0. The first kappa shape index (κ1) is 24.9. The van der Waals surface area contributed by atoms with E-state index in [0.29, 0.717) is 17.0 Å². The van der Waals surface area contributed by atoms with Crippen molar-refractivity contribution in [2.24, 2.45) is 0 Å². The number of benzene rings is 2. The van der Waals surface area contributed by atoms with Gasteiger partial charge in [-0.1, -0.05) is 20.8 Å². The Morgan fingerprint density at radius 3 is 2.17 bits per heavy atom. The van der Waals surface area contributed by atoms with Crippen molar-refractivity contribution in [2.45, 2.75) is 32.4 Å². The maximum atomic E-state index is 14.6. The van der Waals surface area contributed by atoms with Crippen molar-refractivity contribution in [2.75, 3.05) is 10.6 Å². The lowest BCUT2D eigenvalue weighted by atomic mass is 9.96. The van der Waals surface area contributed by atoms with Crippen LogP contribution in [0.1, 0.15) is 32.2 Å². The largest absolute Gasteiger partial charge is 0.416 e. The number of alkyl halides is 3. The Hall–Kier alpha value is -4.21. The molecule has 0 saturated heterocycles.